The van der Waals surface area contributed by atoms with Gasteiger partial charge in [-0.25, -0.2) is 4.79 Å². The molecule has 2 aromatic carbocycles. The zero-order valence-corrected chi connectivity index (χ0v) is 12.8. The van der Waals surface area contributed by atoms with Gasteiger partial charge < -0.3 is 10.4 Å². The number of rotatable bonds is 4. The Balaban J connectivity index is 2.19. The maximum atomic E-state index is 11.1. The molecule has 3 nitrogen and oxygen atoms in total. The van der Waals surface area contributed by atoms with Crippen LogP contribution in [-0.2, 0) is 6.54 Å². The van der Waals surface area contributed by atoms with E-state index in [0.717, 1.165) is 14.8 Å². The molecule has 0 aliphatic heterocycles. The second-order valence-electron chi connectivity index (χ2n) is 3.94. The van der Waals surface area contributed by atoms with Gasteiger partial charge in [0.15, 0.2) is 0 Å². The van der Waals surface area contributed by atoms with Gasteiger partial charge in [-0.15, -0.1) is 0 Å². The van der Waals surface area contributed by atoms with Gasteiger partial charge in [-0.3, -0.25) is 0 Å². The first-order chi connectivity index (χ1) is 9.08. The number of hydrogen-bond acceptors (Lipinski definition) is 2. The van der Waals surface area contributed by atoms with Crippen LogP contribution in [0.1, 0.15) is 15.9 Å². The van der Waals surface area contributed by atoms with Crippen LogP contribution in [0.5, 0.6) is 0 Å². The fraction of sp³-hybridized carbons (Fsp3) is 0.0714. The molecule has 0 amide bonds. The van der Waals surface area contributed by atoms with E-state index in [1.54, 1.807) is 18.2 Å². The zero-order chi connectivity index (χ0) is 13.8. The highest BCUT2D eigenvalue weighted by Gasteiger charge is 2.09. The Hall–Kier alpha value is -1.27. The number of carboxylic acids is 1. The average molecular weight is 388 g/mol. The second kappa shape index (κ2) is 6.25. The van der Waals surface area contributed by atoms with Gasteiger partial charge >= 0.3 is 5.97 Å². The minimum Gasteiger partial charge on any atom is -0.478 e. The van der Waals surface area contributed by atoms with Crippen molar-refractivity contribution in [1.82, 2.24) is 0 Å². The fourth-order valence-electron chi connectivity index (χ4n) is 1.71. The van der Waals surface area contributed by atoms with E-state index < -0.39 is 5.97 Å². The summed E-state index contributed by atoms with van der Waals surface area (Å²) in [5.74, 6) is -0.925. The summed E-state index contributed by atoms with van der Waals surface area (Å²) in [6.07, 6.45) is 0. The quantitative estimate of drug-likeness (QED) is 0.771. The molecule has 2 N–H and O–H groups in total. The van der Waals surface area contributed by atoms with Gasteiger partial charge in [-0.2, -0.15) is 0 Å². The maximum absolute atomic E-state index is 11.1. The highest BCUT2D eigenvalue weighted by Crippen LogP contribution is 2.24. The molecule has 0 bridgehead atoms. The van der Waals surface area contributed by atoms with E-state index in [0.29, 0.717) is 17.1 Å². The largest absolute Gasteiger partial charge is 0.478 e. The van der Waals surface area contributed by atoms with Gasteiger partial charge in [0.1, 0.15) is 0 Å². The average Bonchev–Trinajstić information content (AvgIpc) is 2.40. The van der Waals surface area contributed by atoms with Crippen molar-refractivity contribution in [1.29, 1.82) is 0 Å². The molecule has 0 saturated heterocycles. The van der Waals surface area contributed by atoms with Crippen LogP contribution in [0.15, 0.2) is 42.5 Å². The van der Waals surface area contributed by atoms with Crippen molar-refractivity contribution >= 4 is 45.8 Å². The monoisotopic (exact) mass is 387 g/mol. The van der Waals surface area contributed by atoms with Crippen LogP contribution in [0.3, 0.4) is 0 Å². The summed E-state index contributed by atoms with van der Waals surface area (Å²) in [4.78, 5) is 11.1. The van der Waals surface area contributed by atoms with Crippen molar-refractivity contribution in [3.63, 3.8) is 0 Å². The van der Waals surface area contributed by atoms with Crippen LogP contribution in [0.2, 0.25) is 5.02 Å². The predicted molar refractivity (Wildman–Crippen MR) is 84.9 cm³/mol. The summed E-state index contributed by atoms with van der Waals surface area (Å²) in [5.41, 5.74) is 1.83. The minimum atomic E-state index is -0.925. The number of aromatic carboxylic acids is 1. The van der Waals surface area contributed by atoms with Crippen LogP contribution < -0.4 is 5.32 Å². The summed E-state index contributed by atoms with van der Waals surface area (Å²) >= 11 is 8.28. The van der Waals surface area contributed by atoms with Gasteiger partial charge in [0.05, 0.1) is 16.3 Å². The molecule has 2 rings (SSSR count). The number of carboxylic acid groups (broad SMARTS) is 1. The van der Waals surface area contributed by atoms with Crippen LogP contribution in [0.4, 0.5) is 5.69 Å². The number of nitrogens with one attached hydrogen (secondary N) is 1. The SMILES string of the molecule is O=C(O)c1ccccc1CNc1cc(I)ccc1Cl. The second-order valence-corrected chi connectivity index (χ2v) is 5.59. The molecule has 0 radical (unpaired) electrons. The normalized spacial score (nSPS) is 10.2. The Morgan fingerprint density at radius 1 is 1.26 bits per heavy atom. The van der Waals surface area contributed by atoms with E-state index in [1.807, 2.05) is 24.3 Å². The van der Waals surface area contributed by atoms with E-state index in [-0.39, 0.29) is 0 Å². The summed E-state index contributed by atoms with van der Waals surface area (Å²) in [6.45, 7) is 0.419. The smallest absolute Gasteiger partial charge is 0.336 e. The molecule has 0 aliphatic carbocycles. The molecule has 0 atom stereocenters. The Kier molecular flexibility index (Phi) is 4.66. The van der Waals surface area contributed by atoms with Crippen molar-refractivity contribution in [2.75, 3.05) is 5.32 Å². The number of hydrogen-bond donors (Lipinski definition) is 2. The lowest BCUT2D eigenvalue weighted by molar-refractivity contribution is 0.0696. The molecular formula is C14H11ClINO2. The number of halogens is 2. The van der Waals surface area contributed by atoms with Crippen LogP contribution in [-0.4, -0.2) is 11.1 Å². The molecule has 5 heteroatoms. The lowest BCUT2D eigenvalue weighted by atomic mass is 10.1. The Morgan fingerprint density at radius 2 is 2.00 bits per heavy atom. The molecule has 0 fully saturated rings. The molecule has 0 heterocycles. The Bertz CT molecular complexity index is 616. The molecule has 0 aromatic heterocycles. The first-order valence-electron chi connectivity index (χ1n) is 5.58. The molecule has 2 aromatic rings. The van der Waals surface area contributed by atoms with Crippen molar-refractivity contribution in [2.24, 2.45) is 0 Å². The number of anilines is 1. The van der Waals surface area contributed by atoms with Gasteiger partial charge in [0, 0.05) is 10.1 Å². The molecule has 19 heavy (non-hydrogen) atoms. The van der Waals surface area contributed by atoms with E-state index in [4.69, 9.17) is 16.7 Å². The minimum absolute atomic E-state index is 0.303. The number of benzene rings is 2. The molecular weight excluding hydrogens is 377 g/mol. The Labute approximate surface area is 129 Å². The summed E-state index contributed by atoms with van der Waals surface area (Å²) in [6, 6.07) is 12.6. The van der Waals surface area contributed by atoms with Crippen LogP contribution >= 0.6 is 34.2 Å². The van der Waals surface area contributed by atoms with Crippen molar-refractivity contribution in [2.45, 2.75) is 6.54 Å². The summed E-state index contributed by atoms with van der Waals surface area (Å²) in [7, 11) is 0. The lowest BCUT2D eigenvalue weighted by Gasteiger charge is -2.10. The van der Waals surface area contributed by atoms with Crippen LogP contribution in [0, 0.1) is 3.57 Å². The Morgan fingerprint density at radius 3 is 2.74 bits per heavy atom. The maximum Gasteiger partial charge on any atom is 0.336 e. The van der Waals surface area contributed by atoms with E-state index in [9.17, 15) is 4.79 Å². The van der Waals surface area contributed by atoms with Crippen molar-refractivity contribution < 1.29 is 9.90 Å². The first-order valence-corrected chi connectivity index (χ1v) is 7.03. The first kappa shape index (κ1) is 14.1. The van der Waals surface area contributed by atoms with Crippen LogP contribution in [0.25, 0.3) is 0 Å². The topological polar surface area (TPSA) is 49.3 Å². The third kappa shape index (κ3) is 3.61. The van der Waals surface area contributed by atoms with Gasteiger partial charge in [-0.1, -0.05) is 29.8 Å². The van der Waals surface area contributed by atoms with E-state index in [1.165, 1.54) is 0 Å². The van der Waals surface area contributed by atoms with Gasteiger partial charge in [-0.05, 0) is 52.4 Å². The summed E-state index contributed by atoms with van der Waals surface area (Å²) < 4.78 is 1.07. The third-order valence-electron chi connectivity index (χ3n) is 2.65. The molecule has 0 aliphatic rings. The predicted octanol–water partition coefficient (Wildman–Crippen LogP) is 4.25. The zero-order valence-electron chi connectivity index (χ0n) is 9.86. The van der Waals surface area contributed by atoms with E-state index >= 15 is 0 Å². The van der Waals surface area contributed by atoms with Gasteiger partial charge in [0.25, 0.3) is 0 Å². The number of carbonyl (C=O) groups is 1. The highest BCUT2D eigenvalue weighted by atomic mass is 127. The third-order valence-corrected chi connectivity index (χ3v) is 3.65. The lowest BCUT2D eigenvalue weighted by Crippen LogP contribution is -2.07. The molecule has 0 unspecified atom stereocenters. The van der Waals surface area contributed by atoms with Crippen molar-refractivity contribution in [3.05, 3.63) is 62.2 Å². The van der Waals surface area contributed by atoms with Gasteiger partial charge in [0.2, 0.25) is 0 Å². The summed E-state index contributed by atoms with van der Waals surface area (Å²) in [5, 5.41) is 12.9. The van der Waals surface area contributed by atoms with E-state index in [2.05, 4.69) is 27.9 Å². The van der Waals surface area contributed by atoms with Crippen molar-refractivity contribution in [3.8, 4) is 0 Å². The molecule has 0 saturated carbocycles. The fourth-order valence-corrected chi connectivity index (χ4v) is 2.38. The molecule has 98 valence electrons. The molecule has 0 spiro atoms. The standard InChI is InChI=1S/C14H11ClINO2/c15-12-6-5-10(16)7-13(12)17-8-9-3-1-2-4-11(9)14(18)19/h1-7,17H,8H2,(H,18,19). The highest BCUT2D eigenvalue weighted by molar-refractivity contribution is 14.1.